The normalized spacial score (nSPS) is 20.5. The van der Waals surface area contributed by atoms with Gasteiger partial charge in [0.05, 0.1) is 24.1 Å². The Kier molecular flexibility index (Phi) is 8.55. The third kappa shape index (κ3) is 6.03. The zero-order chi connectivity index (χ0) is 25.5. The molecule has 1 saturated heterocycles. The maximum Gasteiger partial charge on any atom is 0.257 e. The Morgan fingerprint density at radius 2 is 1.81 bits per heavy atom. The van der Waals surface area contributed by atoms with Gasteiger partial charge in [-0.15, -0.1) is 0 Å². The SMILES string of the molecule is COc1ccccc1C(=O)N1CCC2(CCCCc3ccccc3OC[C@H](CC(C)C)NC2=O)CC1. The van der Waals surface area contributed by atoms with Gasteiger partial charge < -0.3 is 19.7 Å². The molecule has 0 bridgehead atoms. The number of nitrogens with zero attached hydrogens (tertiary/aromatic N) is 1. The predicted octanol–water partition coefficient (Wildman–Crippen LogP) is 5.25. The third-order valence-corrected chi connectivity index (χ3v) is 7.68. The highest BCUT2D eigenvalue weighted by atomic mass is 16.5. The van der Waals surface area contributed by atoms with Gasteiger partial charge in [-0.25, -0.2) is 0 Å². The van der Waals surface area contributed by atoms with E-state index >= 15 is 0 Å². The Balaban J connectivity index is 1.50. The minimum atomic E-state index is -0.453. The first kappa shape index (κ1) is 26.1. The lowest BCUT2D eigenvalue weighted by Gasteiger charge is -2.42. The number of hydrogen-bond acceptors (Lipinski definition) is 4. The van der Waals surface area contributed by atoms with E-state index in [1.165, 1.54) is 5.56 Å². The number of likely N-dealkylation sites (tertiary alicyclic amines) is 1. The average Bonchev–Trinajstić information content (AvgIpc) is 2.89. The Hall–Kier alpha value is -3.02. The number of methoxy groups -OCH3 is 1. The van der Waals surface area contributed by atoms with Crippen LogP contribution in [0.2, 0.25) is 0 Å². The summed E-state index contributed by atoms with van der Waals surface area (Å²) in [6.07, 6.45) is 5.97. The Morgan fingerprint density at radius 3 is 2.56 bits per heavy atom. The summed E-state index contributed by atoms with van der Waals surface area (Å²) in [6.45, 7) is 5.95. The van der Waals surface area contributed by atoms with Crippen LogP contribution in [0.15, 0.2) is 48.5 Å². The first-order valence-electron chi connectivity index (χ1n) is 13.4. The average molecular weight is 493 g/mol. The van der Waals surface area contributed by atoms with E-state index in [-0.39, 0.29) is 17.9 Å². The van der Waals surface area contributed by atoms with Crippen LogP contribution in [-0.2, 0) is 11.2 Å². The van der Waals surface area contributed by atoms with Gasteiger partial charge >= 0.3 is 0 Å². The van der Waals surface area contributed by atoms with E-state index in [2.05, 4.69) is 31.3 Å². The second kappa shape index (κ2) is 11.8. The van der Waals surface area contributed by atoms with Gasteiger partial charge in [-0.05, 0) is 68.2 Å². The third-order valence-electron chi connectivity index (χ3n) is 7.68. The summed E-state index contributed by atoms with van der Waals surface area (Å²) in [5.74, 6) is 2.05. The van der Waals surface area contributed by atoms with E-state index in [1.54, 1.807) is 7.11 Å². The Morgan fingerprint density at radius 1 is 1.08 bits per heavy atom. The molecule has 0 saturated carbocycles. The Labute approximate surface area is 215 Å². The van der Waals surface area contributed by atoms with E-state index in [1.807, 2.05) is 41.3 Å². The van der Waals surface area contributed by atoms with Gasteiger partial charge in [0.25, 0.3) is 5.91 Å². The van der Waals surface area contributed by atoms with Crippen LogP contribution >= 0.6 is 0 Å². The predicted molar refractivity (Wildman–Crippen MR) is 141 cm³/mol. The van der Waals surface area contributed by atoms with E-state index in [4.69, 9.17) is 9.47 Å². The number of benzene rings is 2. The molecule has 6 heteroatoms. The summed E-state index contributed by atoms with van der Waals surface area (Å²) in [4.78, 5) is 28.9. The molecule has 2 heterocycles. The number of hydrogen-bond donors (Lipinski definition) is 1. The summed E-state index contributed by atoms with van der Waals surface area (Å²) in [7, 11) is 1.59. The number of aryl methyl sites for hydroxylation is 1. The first-order chi connectivity index (χ1) is 17.4. The van der Waals surface area contributed by atoms with Gasteiger partial charge in [0.2, 0.25) is 5.91 Å². The lowest BCUT2D eigenvalue weighted by Crippen LogP contribution is -2.53. The summed E-state index contributed by atoms with van der Waals surface area (Å²) < 4.78 is 11.6. The quantitative estimate of drug-likeness (QED) is 0.633. The zero-order valence-corrected chi connectivity index (χ0v) is 21.9. The molecule has 0 unspecified atom stereocenters. The molecule has 2 amide bonds. The van der Waals surface area contributed by atoms with Crippen LogP contribution in [0.3, 0.4) is 0 Å². The molecule has 1 N–H and O–H groups in total. The molecule has 1 fully saturated rings. The van der Waals surface area contributed by atoms with E-state index in [0.717, 1.165) is 37.9 Å². The van der Waals surface area contributed by atoms with Crippen molar-refractivity contribution in [1.82, 2.24) is 10.2 Å². The van der Waals surface area contributed by atoms with Gasteiger partial charge in [-0.3, -0.25) is 9.59 Å². The molecule has 194 valence electrons. The number of carbonyl (C=O) groups excluding carboxylic acids is 2. The maximum absolute atomic E-state index is 13.8. The van der Waals surface area contributed by atoms with Crippen molar-refractivity contribution in [2.24, 2.45) is 11.3 Å². The van der Waals surface area contributed by atoms with E-state index < -0.39 is 5.41 Å². The van der Waals surface area contributed by atoms with Gasteiger partial charge in [0, 0.05) is 13.1 Å². The number of fused-ring (bicyclic) bond motifs is 1. The van der Waals surface area contributed by atoms with Gasteiger partial charge in [-0.1, -0.05) is 50.6 Å². The largest absolute Gasteiger partial charge is 0.496 e. The van der Waals surface area contributed by atoms with Crippen molar-refractivity contribution < 1.29 is 19.1 Å². The number of carbonyl (C=O) groups is 2. The summed E-state index contributed by atoms with van der Waals surface area (Å²) >= 11 is 0. The molecule has 1 atom stereocenters. The number of piperidine rings is 1. The molecule has 1 spiro atoms. The van der Waals surface area contributed by atoms with Crippen molar-refractivity contribution in [3.8, 4) is 11.5 Å². The standard InChI is InChI=1S/C30H40N2O4/c1-22(2)20-24-21-36-26-13-6-4-10-23(26)11-8-9-15-30(29(34)31-24)16-18-32(19-17-30)28(33)25-12-5-7-14-27(25)35-3/h4-7,10,12-14,22,24H,8-9,11,15-21H2,1-3H3,(H,31,34)/t24-/m0/s1. The van der Waals surface area contributed by atoms with Gasteiger partial charge in [0.1, 0.15) is 18.1 Å². The minimum absolute atomic E-state index is 0.0291. The number of amides is 2. The molecule has 0 radical (unpaired) electrons. The van der Waals surface area contributed by atoms with Gasteiger partial charge in [0.15, 0.2) is 0 Å². The fraction of sp³-hybridized carbons (Fsp3) is 0.533. The number of nitrogens with one attached hydrogen (secondary N) is 1. The maximum atomic E-state index is 13.8. The fourth-order valence-corrected chi connectivity index (χ4v) is 5.62. The monoisotopic (exact) mass is 492 g/mol. The summed E-state index contributed by atoms with van der Waals surface area (Å²) in [6, 6.07) is 15.6. The Bertz CT molecular complexity index is 1040. The number of rotatable bonds is 4. The van der Waals surface area contributed by atoms with Crippen LogP contribution in [0.1, 0.15) is 68.3 Å². The molecule has 2 aliphatic heterocycles. The highest BCUT2D eigenvalue weighted by Crippen LogP contribution is 2.39. The second-order valence-electron chi connectivity index (χ2n) is 10.7. The van der Waals surface area contributed by atoms with E-state index in [9.17, 15) is 9.59 Å². The van der Waals surface area contributed by atoms with Gasteiger partial charge in [-0.2, -0.15) is 0 Å². The van der Waals surface area contributed by atoms with Crippen LogP contribution < -0.4 is 14.8 Å². The summed E-state index contributed by atoms with van der Waals surface area (Å²) in [5, 5.41) is 3.36. The van der Waals surface area contributed by atoms with Crippen LogP contribution in [-0.4, -0.2) is 49.6 Å². The van der Waals surface area contributed by atoms with Crippen molar-refractivity contribution >= 4 is 11.8 Å². The topological polar surface area (TPSA) is 67.9 Å². The molecule has 0 aliphatic carbocycles. The van der Waals surface area contributed by atoms with Crippen molar-refractivity contribution in [3.05, 3.63) is 59.7 Å². The molecule has 6 nitrogen and oxygen atoms in total. The van der Waals surface area contributed by atoms with Crippen molar-refractivity contribution in [1.29, 1.82) is 0 Å². The van der Waals surface area contributed by atoms with E-state index in [0.29, 0.717) is 49.8 Å². The van der Waals surface area contributed by atoms with Crippen molar-refractivity contribution in [2.75, 3.05) is 26.8 Å². The number of ether oxygens (including phenoxy) is 2. The van der Waals surface area contributed by atoms with Crippen LogP contribution in [0.4, 0.5) is 0 Å². The first-order valence-corrected chi connectivity index (χ1v) is 13.4. The molecule has 2 aliphatic rings. The number of para-hydroxylation sites is 2. The molecule has 36 heavy (non-hydrogen) atoms. The second-order valence-corrected chi connectivity index (χ2v) is 10.7. The molecular formula is C30H40N2O4. The molecular weight excluding hydrogens is 452 g/mol. The smallest absolute Gasteiger partial charge is 0.257 e. The molecule has 2 aromatic carbocycles. The lowest BCUT2D eigenvalue weighted by atomic mass is 9.73. The fourth-order valence-electron chi connectivity index (χ4n) is 5.62. The molecule has 4 rings (SSSR count). The lowest BCUT2D eigenvalue weighted by molar-refractivity contribution is -0.135. The van der Waals surface area contributed by atoms with Crippen molar-refractivity contribution in [3.63, 3.8) is 0 Å². The minimum Gasteiger partial charge on any atom is -0.496 e. The zero-order valence-electron chi connectivity index (χ0n) is 21.9. The van der Waals surface area contributed by atoms with Crippen molar-refractivity contribution in [2.45, 2.75) is 64.8 Å². The van der Waals surface area contributed by atoms with Crippen LogP contribution in [0, 0.1) is 11.3 Å². The highest BCUT2D eigenvalue weighted by Gasteiger charge is 2.42. The molecule has 0 aromatic heterocycles. The highest BCUT2D eigenvalue weighted by molar-refractivity contribution is 5.97. The van der Waals surface area contributed by atoms with Crippen LogP contribution in [0.25, 0.3) is 0 Å². The summed E-state index contributed by atoms with van der Waals surface area (Å²) in [5.41, 5.74) is 1.36. The van der Waals surface area contributed by atoms with Crippen LogP contribution in [0.5, 0.6) is 11.5 Å². The molecule has 2 aromatic rings.